The molecule has 1 unspecified atom stereocenters. The van der Waals surface area contributed by atoms with E-state index in [9.17, 15) is 0 Å². The number of hydrogen-bond donors (Lipinski definition) is 2. The lowest BCUT2D eigenvalue weighted by Crippen LogP contribution is -2.22. The Kier molecular flexibility index (Phi) is 18.6. The Morgan fingerprint density at radius 3 is 1.69 bits per heavy atom. The zero-order chi connectivity index (χ0) is 20.4. The topological polar surface area (TPSA) is 52.0 Å². The lowest BCUT2D eigenvalue weighted by molar-refractivity contribution is 0.600. The van der Waals surface area contributed by atoms with Crippen LogP contribution in [0.2, 0.25) is 0 Å². The van der Waals surface area contributed by atoms with Crippen LogP contribution in [0.25, 0.3) is 11.1 Å². The fraction of sp³-hybridized carbons (Fsp3) is 0.500. The normalized spacial score (nSPS) is 10.2. The van der Waals surface area contributed by atoms with Crippen molar-refractivity contribution in [1.82, 2.24) is 0 Å². The van der Waals surface area contributed by atoms with E-state index >= 15 is 0 Å². The Morgan fingerprint density at radius 1 is 0.769 bits per heavy atom. The van der Waals surface area contributed by atoms with Crippen LogP contribution in [0.3, 0.4) is 0 Å². The predicted molar refractivity (Wildman–Crippen MR) is 121 cm³/mol. The molecule has 0 radical (unpaired) electrons. The third-order valence-electron chi connectivity index (χ3n) is 3.75. The minimum atomic E-state index is 0.275. The van der Waals surface area contributed by atoms with Crippen molar-refractivity contribution in [1.29, 1.82) is 0 Å². The molecule has 2 aromatic rings. The summed E-state index contributed by atoms with van der Waals surface area (Å²) in [6.45, 7) is 12.4. The summed E-state index contributed by atoms with van der Waals surface area (Å²) in [5, 5.41) is 0. The summed E-state index contributed by atoms with van der Waals surface area (Å²) in [7, 11) is 1.50. The Bertz CT molecular complexity index is 549. The van der Waals surface area contributed by atoms with Gasteiger partial charge in [-0.2, -0.15) is 0 Å². The van der Waals surface area contributed by atoms with Crippen molar-refractivity contribution >= 4 is 0 Å². The van der Waals surface area contributed by atoms with Gasteiger partial charge in [0.15, 0.2) is 0 Å². The molecule has 2 aromatic carbocycles. The molecular formula is C24H42N2. The molecule has 0 amide bonds. The number of hydrogen-bond acceptors (Lipinski definition) is 2. The highest BCUT2D eigenvalue weighted by molar-refractivity contribution is 5.65. The van der Waals surface area contributed by atoms with Gasteiger partial charge >= 0.3 is 0 Å². The highest BCUT2D eigenvalue weighted by atomic mass is 14.6. The molecule has 148 valence electrons. The maximum atomic E-state index is 6.15. The summed E-state index contributed by atoms with van der Waals surface area (Å²) in [5.74, 6) is 0. The van der Waals surface area contributed by atoms with Gasteiger partial charge in [0.05, 0.1) is 0 Å². The monoisotopic (exact) mass is 358 g/mol. The maximum absolute atomic E-state index is 6.15. The minimum absolute atomic E-state index is 0.275. The van der Waals surface area contributed by atoms with Gasteiger partial charge in [0.25, 0.3) is 0 Å². The van der Waals surface area contributed by atoms with E-state index in [4.69, 9.17) is 5.73 Å². The number of nitrogens with two attached hydrogens (primary N) is 2. The third kappa shape index (κ3) is 10.4. The van der Waals surface area contributed by atoms with Crippen molar-refractivity contribution in [2.24, 2.45) is 11.5 Å². The number of aryl methyl sites for hydroxylation is 1. The van der Waals surface area contributed by atoms with Crippen molar-refractivity contribution in [3.63, 3.8) is 0 Å². The molecule has 0 spiro atoms. The number of rotatable bonds is 6. The molecule has 2 heteroatoms. The van der Waals surface area contributed by atoms with E-state index in [0.29, 0.717) is 0 Å². The van der Waals surface area contributed by atoms with Crippen molar-refractivity contribution < 1.29 is 0 Å². The standard InChI is InChI=1S/C19H25N.2C2H6.CH5N/c1-3-7-19(20)14-16-9-6-11-18(13-16)17-10-5-8-15(4-2)12-17;3*1-2/h5-6,8-13,19H,3-4,7,14,20H2,1-2H3;2*1-2H3;2H2,1H3. The van der Waals surface area contributed by atoms with Crippen molar-refractivity contribution in [3.8, 4) is 11.1 Å². The lowest BCUT2D eigenvalue weighted by Gasteiger charge is -2.12. The van der Waals surface area contributed by atoms with Gasteiger partial charge in [-0.15, -0.1) is 0 Å². The molecule has 0 fully saturated rings. The Morgan fingerprint density at radius 2 is 1.23 bits per heavy atom. The van der Waals surface area contributed by atoms with Crippen molar-refractivity contribution in [2.75, 3.05) is 7.05 Å². The summed E-state index contributed by atoms with van der Waals surface area (Å²) in [6.07, 6.45) is 4.29. The van der Waals surface area contributed by atoms with Gasteiger partial charge < -0.3 is 11.5 Å². The molecule has 26 heavy (non-hydrogen) atoms. The quantitative estimate of drug-likeness (QED) is 0.644. The van der Waals surface area contributed by atoms with Gasteiger partial charge in [-0.3, -0.25) is 0 Å². The van der Waals surface area contributed by atoms with Gasteiger partial charge in [0, 0.05) is 6.04 Å². The molecule has 0 aliphatic heterocycles. The van der Waals surface area contributed by atoms with Gasteiger partial charge in [0.2, 0.25) is 0 Å². The third-order valence-corrected chi connectivity index (χ3v) is 3.75. The molecule has 0 aromatic heterocycles. The fourth-order valence-corrected chi connectivity index (χ4v) is 2.62. The summed E-state index contributed by atoms with van der Waals surface area (Å²) >= 11 is 0. The van der Waals surface area contributed by atoms with E-state index in [1.54, 1.807) is 0 Å². The summed E-state index contributed by atoms with van der Waals surface area (Å²) in [4.78, 5) is 0. The van der Waals surface area contributed by atoms with Crippen LogP contribution in [0, 0.1) is 0 Å². The first-order valence-electron chi connectivity index (χ1n) is 10.2. The molecule has 4 N–H and O–H groups in total. The second-order valence-electron chi connectivity index (χ2n) is 5.51. The largest absolute Gasteiger partial charge is 0.333 e. The van der Waals surface area contributed by atoms with Crippen LogP contribution in [0.4, 0.5) is 0 Å². The molecular weight excluding hydrogens is 316 g/mol. The fourth-order valence-electron chi connectivity index (χ4n) is 2.62. The van der Waals surface area contributed by atoms with Crippen LogP contribution >= 0.6 is 0 Å². The van der Waals surface area contributed by atoms with E-state index in [1.807, 2.05) is 27.7 Å². The molecule has 1 atom stereocenters. The highest BCUT2D eigenvalue weighted by Gasteiger charge is 2.05. The summed E-state index contributed by atoms with van der Waals surface area (Å²) in [6, 6.07) is 17.9. The molecule has 2 rings (SSSR count). The molecule has 2 nitrogen and oxygen atoms in total. The average molecular weight is 359 g/mol. The maximum Gasteiger partial charge on any atom is 0.00792 e. The van der Waals surface area contributed by atoms with Crippen LogP contribution in [0.5, 0.6) is 0 Å². The molecule has 0 bridgehead atoms. The minimum Gasteiger partial charge on any atom is -0.333 e. The smallest absolute Gasteiger partial charge is 0.00792 e. The van der Waals surface area contributed by atoms with Gasteiger partial charge in [-0.05, 0) is 48.6 Å². The van der Waals surface area contributed by atoms with E-state index in [-0.39, 0.29) is 6.04 Å². The first kappa shape index (κ1) is 26.6. The Labute approximate surface area is 163 Å². The zero-order valence-electron chi connectivity index (χ0n) is 18.2. The number of benzene rings is 2. The van der Waals surface area contributed by atoms with Gasteiger partial charge in [-0.1, -0.05) is 96.5 Å². The van der Waals surface area contributed by atoms with E-state index in [2.05, 4.69) is 68.1 Å². The molecule has 0 saturated carbocycles. The first-order valence-corrected chi connectivity index (χ1v) is 10.2. The predicted octanol–water partition coefficient (Wildman–Crippen LogP) is 6.21. The van der Waals surface area contributed by atoms with E-state index in [1.165, 1.54) is 29.3 Å². The van der Waals surface area contributed by atoms with Crippen LogP contribution in [0.1, 0.15) is 65.5 Å². The zero-order valence-corrected chi connectivity index (χ0v) is 18.2. The van der Waals surface area contributed by atoms with E-state index in [0.717, 1.165) is 25.7 Å². The van der Waals surface area contributed by atoms with Crippen molar-refractivity contribution in [2.45, 2.75) is 73.3 Å². The average Bonchev–Trinajstić information content (AvgIpc) is 2.73. The van der Waals surface area contributed by atoms with E-state index < -0.39 is 0 Å². The molecule has 0 saturated heterocycles. The highest BCUT2D eigenvalue weighted by Crippen LogP contribution is 2.22. The second-order valence-corrected chi connectivity index (χ2v) is 5.51. The summed E-state index contributed by atoms with van der Waals surface area (Å²) in [5.41, 5.74) is 16.0. The van der Waals surface area contributed by atoms with Gasteiger partial charge in [0.1, 0.15) is 0 Å². The molecule has 0 aliphatic carbocycles. The summed E-state index contributed by atoms with van der Waals surface area (Å²) < 4.78 is 0. The molecule has 0 aliphatic rings. The molecule has 0 heterocycles. The van der Waals surface area contributed by atoms with Crippen molar-refractivity contribution in [3.05, 3.63) is 59.7 Å². The lowest BCUT2D eigenvalue weighted by atomic mass is 9.97. The first-order chi connectivity index (χ1) is 12.7. The second kappa shape index (κ2) is 18.2. The SMILES string of the molecule is CC.CC.CCCC(N)Cc1cccc(-c2cccc(CC)c2)c1.CN. The Balaban J connectivity index is 0. The van der Waals surface area contributed by atoms with Gasteiger partial charge in [-0.25, -0.2) is 0 Å². The van der Waals surface area contributed by atoms with Crippen LogP contribution < -0.4 is 11.5 Å². The van der Waals surface area contributed by atoms with Crippen LogP contribution in [0.15, 0.2) is 48.5 Å². The Hall–Kier alpha value is -1.64. The van der Waals surface area contributed by atoms with Crippen LogP contribution in [-0.2, 0) is 12.8 Å². The van der Waals surface area contributed by atoms with Crippen LogP contribution in [-0.4, -0.2) is 13.1 Å².